The van der Waals surface area contributed by atoms with E-state index in [2.05, 4.69) is 30.8 Å². The maximum absolute atomic E-state index is 12.5. The first-order chi connectivity index (χ1) is 14.4. The van der Waals surface area contributed by atoms with Gasteiger partial charge in [0.05, 0.1) is 31.3 Å². The van der Waals surface area contributed by atoms with Crippen molar-refractivity contribution in [2.24, 2.45) is 0 Å². The van der Waals surface area contributed by atoms with Crippen LogP contribution in [-0.4, -0.2) is 36.0 Å². The SMILES string of the molecule is C=C(C)/C(Cn1cc(NC(=O)c2ccc3c(c2)OCCO3)cn1)=C(/C)OC.CCC. The second-order valence-electron chi connectivity index (χ2n) is 6.97. The summed E-state index contributed by atoms with van der Waals surface area (Å²) < 4.78 is 18.0. The number of carbonyl (C=O) groups is 1. The second kappa shape index (κ2) is 11.1. The Bertz CT molecular complexity index is 915. The van der Waals surface area contributed by atoms with Crippen molar-refractivity contribution < 1.29 is 19.0 Å². The van der Waals surface area contributed by atoms with Gasteiger partial charge >= 0.3 is 0 Å². The van der Waals surface area contributed by atoms with Gasteiger partial charge in [0.25, 0.3) is 5.91 Å². The molecule has 0 unspecified atom stereocenters. The molecule has 2 aromatic rings. The third kappa shape index (κ3) is 6.14. The summed E-state index contributed by atoms with van der Waals surface area (Å²) in [5.41, 5.74) is 2.97. The molecule has 7 nitrogen and oxygen atoms in total. The molecule has 0 spiro atoms. The molecule has 2 heterocycles. The van der Waals surface area contributed by atoms with E-state index in [0.717, 1.165) is 16.9 Å². The van der Waals surface area contributed by atoms with Crippen molar-refractivity contribution in [3.8, 4) is 11.5 Å². The van der Waals surface area contributed by atoms with E-state index >= 15 is 0 Å². The molecule has 0 bridgehead atoms. The molecule has 162 valence electrons. The van der Waals surface area contributed by atoms with Gasteiger partial charge < -0.3 is 19.5 Å². The summed E-state index contributed by atoms with van der Waals surface area (Å²) in [5.74, 6) is 1.78. The Hall–Kier alpha value is -3.22. The molecule has 0 saturated heterocycles. The van der Waals surface area contributed by atoms with Crippen LogP contribution in [0.25, 0.3) is 0 Å². The van der Waals surface area contributed by atoms with E-state index < -0.39 is 0 Å². The minimum atomic E-state index is -0.240. The Balaban J connectivity index is 0.00000101. The average molecular weight is 414 g/mol. The van der Waals surface area contributed by atoms with E-state index in [1.54, 1.807) is 42.4 Å². The van der Waals surface area contributed by atoms with Crippen LogP contribution in [0.1, 0.15) is 44.5 Å². The van der Waals surface area contributed by atoms with Crippen molar-refractivity contribution in [2.45, 2.75) is 40.7 Å². The van der Waals surface area contributed by atoms with E-state index in [1.165, 1.54) is 6.42 Å². The molecule has 3 rings (SSSR count). The number of anilines is 1. The van der Waals surface area contributed by atoms with Crippen molar-refractivity contribution in [3.05, 3.63) is 59.6 Å². The molecule has 1 aliphatic rings. The van der Waals surface area contributed by atoms with E-state index in [0.29, 0.717) is 42.5 Å². The van der Waals surface area contributed by atoms with Crippen LogP contribution in [0.2, 0.25) is 0 Å². The minimum absolute atomic E-state index is 0.240. The highest BCUT2D eigenvalue weighted by molar-refractivity contribution is 6.04. The maximum Gasteiger partial charge on any atom is 0.255 e. The van der Waals surface area contributed by atoms with Gasteiger partial charge in [-0.05, 0) is 37.6 Å². The lowest BCUT2D eigenvalue weighted by Gasteiger charge is -2.18. The Morgan fingerprint density at radius 2 is 1.90 bits per heavy atom. The van der Waals surface area contributed by atoms with E-state index in [1.807, 2.05) is 13.8 Å². The fraction of sp³-hybridized carbons (Fsp3) is 0.391. The minimum Gasteiger partial charge on any atom is -0.501 e. The Labute approximate surface area is 178 Å². The first-order valence-electron chi connectivity index (χ1n) is 10.0. The van der Waals surface area contributed by atoms with Gasteiger partial charge in [0.1, 0.15) is 13.2 Å². The summed E-state index contributed by atoms with van der Waals surface area (Å²) in [6, 6.07) is 5.12. The second-order valence-corrected chi connectivity index (χ2v) is 6.97. The predicted octanol–water partition coefficient (Wildman–Crippen LogP) is 4.82. The summed E-state index contributed by atoms with van der Waals surface area (Å²) in [7, 11) is 1.63. The van der Waals surface area contributed by atoms with Gasteiger partial charge in [0.15, 0.2) is 11.5 Å². The number of carbonyl (C=O) groups excluding carboxylic acids is 1. The zero-order chi connectivity index (χ0) is 22.1. The largest absolute Gasteiger partial charge is 0.501 e. The first-order valence-corrected chi connectivity index (χ1v) is 10.0. The van der Waals surface area contributed by atoms with Crippen molar-refractivity contribution in [1.29, 1.82) is 0 Å². The molecule has 0 fully saturated rings. The number of methoxy groups -OCH3 is 1. The summed E-state index contributed by atoms with van der Waals surface area (Å²) >= 11 is 0. The van der Waals surface area contributed by atoms with Gasteiger partial charge in [-0.15, -0.1) is 0 Å². The highest BCUT2D eigenvalue weighted by Crippen LogP contribution is 2.31. The van der Waals surface area contributed by atoms with Gasteiger partial charge in [-0.3, -0.25) is 9.48 Å². The number of amides is 1. The van der Waals surface area contributed by atoms with Crippen LogP contribution >= 0.6 is 0 Å². The Kier molecular flexibility index (Phi) is 8.53. The van der Waals surface area contributed by atoms with E-state index in [4.69, 9.17) is 14.2 Å². The van der Waals surface area contributed by atoms with Crippen molar-refractivity contribution >= 4 is 11.6 Å². The maximum atomic E-state index is 12.5. The zero-order valence-electron chi connectivity index (χ0n) is 18.4. The number of aromatic nitrogens is 2. The molecule has 0 atom stereocenters. The summed E-state index contributed by atoms with van der Waals surface area (Å²) in [6.07, 6.45) is 4.62. The molecule has 0 saturated carbocycles. The molecule has 1 aliphatic heterocycles. The van der Waals surface area contributed by atoms with Crippen LogP contribution in [0.3, 0.4) is 0 Å². The molecule has 7 heteroatoms. The van der Waals surface area contributed by atoms with E-state index in [9.17, 15) is 4.79 Å². The molecular weight excluding hydrogens is 382 g/mol. The molecule has 1 amide bonds. The fourth-order valence-electron chi connectivity index (χ4n) is 2.73. The standard InChI is InChI=1S/C20H23N3O4.C3H8/c1-13(2)17(14(3)25-4)12-23-11-16(10-21-23)22-20(24)15-5-6-18-19(9-15)27-8-7-26-18;1-3-2/h5-6,9-11H,1,7-8,12H2,2-4H3,(H,22,24);3H2,1-2H3/b17-14-;. The number of benzene rings is 1. The zero-order valence-corrected chi connectivity index (χ0v) is 18.4. The van der Waals surface area contributed by atoms with Crippen LogP contribution in [0, 0.1) is 0 Å². The number of fused-ring (bicyclic) bond motifs is 1. The lowest BCUT2D eigenvalue weighted by atomic mass is 10.1. The first kappa shape index (κ1) is 23.1. The lowest BCUT2D eigenvalue weighted by molar-refractivity contribution is 0.102. The van der Waals surface area contributed by atoms with Crippen LogP contribution < -0.4 is 14.8 Å². The van der Waals surface area contributed by atoms with Gasteiger partial charge in [0, 0.05) is 17.3 Å². The molecule has 30 heavy (non-hydrogen) atoms. The molecule has 1 aromatic carbocycles. The number of hydrogen-bond donors (Lipinski definition) is 1. The van der Waals surface area contributed by atoms with Crippen LogP contribution in [-0.2, 0) is 11.3 Å². The fourth-order valence-corrected chi connectivity index (χ4v) is 2.73. The molecular formula is C23H31N3O4. The average Bonchev–Trinajstić information content (AvgIpc) is 3.18. The summed E-state index contributed by atoms with van der Waals surface area (Å²) in [6.45, 7) is 13.5. The van der Waals surface area contributed by atoms with Gasteiger partial charge in [-0.2, -0.15) is 5.10 Å². The van der Waals surface area contributed by atoms with Crippen molar-refractivity contribution in [3.63, 3.8) is 0 Å². The van der Waals surface area contributed by atoms with Crippen LogP contribution in [0.15, 0.2) is 54.1 Å². The molecule has 0 aliphatic carbocycles. The lowest BCUT2D eigenvalue weighted by Crippen LogP contribution is -2.17. The number of nitrogens with zero attached hydrogens (tertiary/aromatic N) is 2. The summed E-state index contributed by atoms with van der Waals surface area (Å²) in [5, 5.41) is 7.14. The Morgan fingerprint density at radius 3 is 2.53 bits per heavy atom. The predicted molar refractivity (Wildman–Crippen MR) is 118 cm³/mol. The summed E-state index contributed by atoms with van der Waals surface area (Å²) in [4.78, 5) is 12.5. The van der Waals surface area contributed by atoms with Gasteiger partial charge in [-0.25, -0.2) is 0 Å². The number of hydrogen-bond acceptors (Lipinski definition) is 5. The van der Waals surface area contributed by atoms with Crippen molar-refractivity contribution in [2.75, 3.05) is 25.6 Å². The third-order valence-electron chi connectivity index (χ3n) is 4.26. The monoisotopic (exact) mass is 413 g/mol. The van der Waals surface area contributed by atoms with E-state index in [-0.39, 0.29) is 5.91 Å². The van der Waals surface area contributed by atoms with Crippen LogP contribution in [0.4, 0.5) is 5.69 Å². The molecule has 1 aromatic heterocycles. The normalized spacial score (nSPS) is 12.8. The third-order valence-corrected chi connectivity index (χ3v) is 4.26. The number of ether oxygens (including phenoxy) is 3. The van der Waals surface area contributed by atoms with Gasteiger partial charge in [-0.1, -0.05) is 26.8 Å². The highest BCUT2D eigenvalue weighted by atomic mass is 16.6. The molecule has 1 N–H and O–H groups in total. The number of nitrogens with one attached hydrogen (secondary N) is 1. The number of allylic oxidation sites excluding steroid dienone is 3. The van der Waals surface area contributed by atoms with Gasteiger partial charge in [0.2, 0.25) is 0 Å². The smallest absolute Gasteiger partial charge is 0.255 e. The quantitative estimate of drug-likeness (QED) is 0.543. The van der Waals surface area contributed by atoms with Crippen LogP contribution in [0.5, 0.6) is 11.5 Å². The molecule has 0 radical (unpaired) electrons. The van der Waals surface area contributed by atoms with Crippen molar-refractivity contribution in [1.82, 2.24) is 9.78 Å². The topological polar surface area (TPSA) is 74.6 Å². The number of rotatable bonds is 6. The highest BCUT2D eigenvalue weighted by Gasteiger charge is 2.16. The Morgan fingerprint density at radius 1 is 1.23 bits per heavy atom.